The molecule has 1 heterocycles. The highest BCUT2D eigenvalue weighted by Crippen LogP contribution is 2.08. The Balaban J connectivity index is 2.10. The van der Waals surface area contributed by atoms with E-state index in [0.29, 0.717) is 13.2 Å². The number of aliphatic hydroxyl groups excluding tert-OH is 1. The van der Waals surface area contributed by atoms with E-state index in [-0.39, 0.29) is 6.61 Å². The third-order valence-electron chi connectivity index (χ3n) is 1.75. The maximum atomic E-state index is 8.47. The van der Waals surface area contributed by atoms with Crippen LogP contribution in [0.4, 0.5) is 0 Å². The first-order valence-corrected chi connectivity index (χ1v) is 5.61. The standard InChI is InChI=1S/C10H15BrN2O2/c11-10-5-9(7-13-8-10)6-12-1-3-15-4-2-14/h5,7-8,12,14H,1-4,6H2. The molecule has 4 nitrogen and oxygen atoms in total. The lowest BCUT2D eigenvalue weighted by molar-refractivity contribution is 0.0938. The van der Waals surface area contributed by atoms with Gasteiger partial charge in [0.15, 0.2) is 0 Å². The van der Waals surface area contributed by atoms with Crippen LogP contribution in [0.5, 0.6) is 0 Å². The fourth-order valence-corrected chi connectivity index (χ4v) is 1.51. The van der Waals surface area contributed by atoms with Crippen molar-refractivity contribution in [3.63, 3.8) is 0 Å². The molecule has 0 fully saturated rings. The first-order valence-electron chi connectivity index (χ1n) is 4.81. The predicted octanol–water partition coefficient (Wildman–Crippen LogP) is 0.943. The van der Waals surface area contributed by atoms with Gasteiger partial charge < -0.3 is 15.2 Å². The first kappa shape index (κ1) is 12.6. The summed E-state index contributed by atoms with van der Waals surface area (Å²) in [5.74, 6) is 0. The highest BCUT2D eigenvalue weighted by molar-refractivity contribution is 9.10. The van der Waals surface area contributed by atoms with Crippen LogP contribution in [-0.2, 0) is 11.3 Å². The lowest BCUT2D eigenvalue weighted by Crippen LogP contribution is -2.20. The van der Waals surface area contributed by atoms with Gasteiger partial charge in [0.2, 0.25) is 0 Å². The van der Waals surface area contributed by atoms with Gasteiger partial charge in [0.25, 0.3) is 0 Å². The second-order valence-corrected chi connectivity index (χ2v) is 3.94. The summed E-state index contributed by atoms with van der Waals surface area (Å²) in [6, 6.07) is 2.02. The quantitative estimate of drug-likeness (QED) is 0.727. The number of nitrogens with one attached hydrogen (secondary N) is 1. The molecular weight excluding hydrogens is 260 g/mol. The van der Waals surface area contributed by atoms with E-state index in [2.05, 4.69) is 26.2 Å². The van der Waals surface area contributed by atoms with Gasteiger partial charge >= 0.3 is 0 Å². The van der Waals surface area contributed by atoms with Crippen LogP contribution in [0.1, 0.15) is 5.56 Å². The van der Waals surface area contributed by atoms with Crippen molar-refractivity contribution in [3.05, 3.63) is 28.5 Å². The molecule has 0 spiro atoms. The summed E-state index contributed by atoms with van der Waals surface area (Å²) in [6.07, 6.45) is 3.58. The number of halogens is 1. The summed E-state index contributed by atoms with van der Waals surface area (Å²) in [5.41, 5.74) is 1.13. The number of aromatic nitrogens is 1. The number of hydrogen-bond donors (Lipinski definition) is 2. The minimum absolute atomic E-state index is 0.0789. The molecule has 15 heavy (non-hydrogen) atoms. The van der Waals surface area contributed by atoms with Gasteiger partial charge in [-0.15, -0.1) is 0 Å². The molecule has 0 aliphatic carbocycles. The first-order chi connectivity index (χ1) is 7.33. The molecule has 0 aliphatic heterocycles. The molecule has 84 valence electrons. The maximum absolute atomic E-state index is 8.47. The Labute approximate surface area is 97.8 Å². The molecule has 0 amide bonds. The Morgan fingerprint density at radius 2 is 2.27 bits per heavy atom. The minimum Gasteiger partial charge on any atom is -0.394 e. The van der Waals surface area contributed by atoms with Crippen molar-refractivity contribution in [1.29, 1.82) is 0 Å². The Morgan fingerprint density at radius 3 is 3.00 bits per heavy atom. The number of rotatable bonds is 7. The van der Waals surface area contributed by atoms with E-state index in [4.69, 9.17) is 9.84 Å². The Kier molecular flexibility index (Phi) is 6.50. The predicted molar refractivity (Wildman–Crippen MR) is 61.5 cm³/mol. The van der Waals surface area contributed by atoms with Gasteiger partial charge in [-0.2, -0.15) is 0 Å². The van der Waals surface area contributed by atoms with Gasteiger partial charge in [0.1, 0.15) is 0 Å². The number of nitrogens with zero attached hydrogens (tertiary/aromatic N) is 1. The number of hydrogen-bond acceptors (Lipinski definition) is 4. The number of aliphatic hydroxyl groups is 1. The topological polar surface area (TPSA) is 54.4 Å². The maximum Gasteiger partial charge on any atom is 0.0698 e. The van der Waals surface area contributed by atoms with Crippen LogP contribution in [0.25, 0.3) is 0 Å². The molecule has 0 bridgehead atoms. The molecule has 1 aromatic rings. The molecule has 0 unspecified atom stereocenters. The highest BCUT2D eigenvalue weighted by Gasteiger charge is 1.94. The molecule has 0 radical (unpaired) electrons. The molecule has 1 aromatic heterocycles. The monoisotopic (exact) mass is 274 g/mol. The summed E-state index contributed by atoms with van der Waals surface area (Å²) in [5, 5.41) is 11.7. The van der Waals surface area contributed by atoms with Crippen LogP contribution in [-0.4, -0.2) is 36.5 Å². The summed E-state index contributed by atoms with van der Waals surface area (Å²) in [4.78, 5) is 4.06. The second kappa shape index (κ2) is 7.76. The molecule has 2 N–H and O–H groups in total. The molecule has 0 saturated carbocycles. The Hall–Kier alpha value is -0.490. The number of ether oxygens (including phenoxy) is 1. The van der Waals surface area contributed by atoms with Gasteiger partial charge in [-0.25, -0.2) is 0 Å². The van der Waals surface area contributed by atoms with Gasteiger partial charge in [0.05, 0.1) is 19.8 Å². The van der Waals surface area contributed by atoms with Crippen LogP contribution in [0.3, 0.4) is 0 Å². The summed E-state index contributed by atoms with van der Waals surface area (Å²) < 4.78 is 6.09. The lowest BCUT2D eigenvalue weighted by atomic mass is 10.3. The zero-order chi connectivity index (χ0) is 10.9. The zero-order valence-corrected chi connectivity index (χ0v) is 10.0. The van der Waals surface area contributed by atoms with Gasteiger partial charge in [-0.05, 0) is 27.6 Å². The van der Waals surface area contributed by atoms with Gasteiger partial charge in [-0.3, -0.25) is 4.98 Å². The van der Waals surface area contributed by atoms with Crippen molar-refractivity contribution in [3.8, 4) is 0 Å². The highest BCUT2D eigenvalue weighted by atomic mass is 79.9. The summed E-state index contributed by atoms with van der Waals surface area (Å²) >= 11 is 3.36. The second-order valence-electron chi connectivity index (χ2n) is 3.02. The SMILES string of the molecule is OCCOCCNCc1cncc(Br)c1. The van der Waals surface area contributed by atoms with E-state index in [0.717, 1.165) is 23.1 Å². The van der Waals surface area contributed by atoms with Gasteiger partial charge in [0, 0.05) is 30.0 Å². The van der Waals surface area contributed by atoms with Crippen molar-refractivity contribution in [2.75, 3.05) is 26.4 Å². The molecule has 0 aliphatic rings. The van der Waals surface area contributed by atoms with Gasteiger partial charge in [-0.1, -0.05) is 0 Å². The zero-order valence-electron chi connectivity index (χ0n) is 8.45. The van der Waals surface area contributed by atoms with E-state index < -0.39 is 0 Å². The van der Waals surface area contributed by atoms with Crippen LogP contribution in [0, 0.1) is 0 Å². The van der Waals surface area contributed by atoms with Crippen molar-refractivity contribution in [2.24, 2.45) is 0 Å². The van der Waals surface area contributed by atoms with Crippen molar-refractivity contribution < 1.29 is 9.84 Å². The molecule has 0 saturated heterocycles. The average molecular weight is 275 g/mol. The lowest BCUT2D eigenvalue weighted by Gasteiger charge is -2.05. The summed E-state index contributed by atoms with van der Waals surface area (Å²) in [7, 11) is 0. The third kappa shape index (κ3) is 5.84. The average Bonchev–Trinajstić information content (AvgIpc) is 2.23. The molecule has 5 heteroatoms. The fourth-order valence-electron chi connectivity index (χ4n) is 1.10. The Bertz CT molecular complexity index is 284. The molecule has 0 aromatic carbocycles. The van der Waals surface area contributed by atoms with Crippen molar-refractivity contribution in [1.82, 2.24) is 10.3 Å². The van der Waals surface area contributed by atoms with E-state index in [1.807, 2.05) is 12.3 Å². The minimum atomic E-state index is 0.0789. The molecule has 1 rings (SSSR count). The van der Waals surface area contributed by atoms with E-state index >= 15 is 0 Å². The third-order valence-corrected chi connectivity index (χ3v) is 2.18. The normalized spacial score (nSPS) is 10.5. The van der Waals surface area contributed by atoms with Crippen molar-refractivity contribution >= 4 is 15.9 Å². The Morgan fingerprint density at radius 1 is 1.40 bits per heavy atom. The smallest absolute Gasteiger partial charge is 0.0698 e. The van der Waals surface area contributed by atoms with Crippen molar-refractivity contribution in [2.45, 2.75) is 6.54 Å². The van der Waals surface area contributed by atoms with E-state index in [9.17, 15) is 0 Å². The van der Waals surface area contributed by atoms with E-state index in [1.54, 1.807) is 6.20 Å². The fraction of sp³-hybridized carbons (Fsp3) is 0.500. The van der Waals surface area contributed by atoms with E-state index in [1.165, 1.54) is 0 Å². The van der Waals surface area contributed by atoms with Crippen LogP contribution in [0.15, 0.2) is 22.9 Å². The molecule has 0 atom stereocenters. The largest absolute Gasteiger partial charge is 0.394 e. The van der Waals surface area contributed by atoms with Crippen LogP contribution >= 0.6 is 15.9 Å². The molecular formula is C10H15BrN2O2. The number of pyridine rings is 1. The van der Waals surface area contributed by atoms with Crippen LogP contribution in [0.2, 0.25) is 0 Å². The summed E-state index contributed by atoms with van der Waals surface area (Å²) in [6.45, 7) is 2.64. The van der Waals surface area contributed by atoms with Crippen LogP contribution < -0.4 is 5.32 Å².